The van der Waals surface area contributed by atoms with Crippen molar-refractivity contribution in [2.45, 2.75) is 20.8 Å². The van der Waals surface area contributed by atoms with Gasteiger partial charge in [0, 0.05) is 13.1 Å². The molecule has 0 saturated carbocycles. The summed E-state index contributed by atoms with van der Waals surface area (Å²) in [4.78, 5) is 13.3. The zero-order chi connectivity index (χ0) is 12.3. The first-order valence-corrected chi connectivity index (χ1v) is 5.26. The second-order valence-corrected chi connectivity index (χ2v) is 3.54. The molecule has 0 aliphatic heterocycles. The molecule has 0 bridgehead atoms. The molecule has 0 atom stereocenters. The quantitative estimate of drug-likeness (QED) is 0.777. The second-order valence-electron chi connectivity index (χ2n) is 3.54. The van der Waals surface area contributed by atoms with Crippen LogP contribution >= 0.6 is 0 Å². The lowest BCUT2D eigenvalue weighted by molar-refractivity contribution is 0.0767. The number of carbonyl (C=O) groups excluding carboxylic acids is 1. The SMILES string of the molecule is CCN(CC)C(=O)c1ccc(C)c(F)c1F. The summed E-state index contributed by atoms with van der Waals surface area (Å²) >= 11 is 0. The molecule has 88 valence electrons. The second kappa shape index (κ2) is 5.05. The minimum Gasteiger partial charge on any atom is -0.339 e. The fraction of sp³-hybridized carbons (Fsp3) is 0.417. The van der Waals surface area contributed by atoms with Gasteiger partial charge in [-0.1, -0.05) is 6.07 Å². The Balaban J connectivity index is 3.14. The average molecular weight is 227 g/mol. The lowest BCUT2D eigenvalue weighted by Crippen LogP contribution is -2.31. The maximum Gasteiger partial charge on any atom is 0.256 e. The number of rotatable bonds is 3. The average Bonchev–Trinajstić information content (AvgIpc) is 2.27. The van der Waals surface area contributed by atoms with Crippen molar-refractivity contribution in [3.05, 3.63) is 34.9 Å². The van der Waals surface area contributed by atoms with Crippen molar-refractivity contribution in [1.82, 2.24) is 4.90 Å². The highest BCUT2D eigenvalue weighted by atomic mass is 19.2. The fourth-order valence-corrected chi connectivity index (χ4v) is 1.49. The Labute approximate surface area is 93.9 Å². The van der Waals surface area contributed by atoms with Gasteiger partial charge in [0.05, 0.1) is 5.56 Å². The Hall–Kier alpha value is -1.45. The summed E-state index contributed by atoms with van der Waals surface area (Å²) in [5.41, 5.74) is 0.000368. The van der Waals surface area contributed by atoms with Gasteiger partial charge in [-0.2, -0.15) is 0 Å². The van der Waals surface area contributed by atoms with Gasteiger partial charge < -0.3 is 4.90 Å². The van der Waals surface area contributed by atoms with Crippen molar-refractivity contribution in [3.8, 4) is 0 Å². The first-order chi connectivity index (χ1) is 7.52. The monoisotopic (exact) mass is 227 g/mol. The van der Waals surface area contributed by atoms with Crippen molar-refractivity contribution in [3.63, 3.8) is 0 Å². The summed E-state index contributed by atoms with van der Waals surface area (Å²) in [5, 5.41) is 0. The number of benzene rings is 1. The first-order valence-electron chi connectivity index (χ1n) is 5.26. The van der Waals surface area contributed by atoms with Crippen LogP contribution in [0, 0.1) is 18.6 Å². The third-order valence-corrected chi connectivity index (χ3v) is 2.56. The molecule has 0 aromatic heterocycles. The van der Waals surface area contributed by atoms with Gasteiger partial charge in [-0.05, 0) is 32.4 Å². The standard InChI is InChI=1S/C12H15F2NO/c1-4-15(5-2)12(16)9-7-6-8(3)10(13)11(9)14/h6-7H,4-5H2,1-3H3. The minimum atomic E-state index is -1.06. The maximum atomic E-state index is 13.5. The lowest BCUT2D eigenvalue weighted by Gasteiger charge is -2.19. The Kier molecular flexibility index (Phi) is 3.99. The molecule has 0 heterocycles. The van der Waals surface area contributed by atoms with E-state index < -0.39 is 17.5 Å². The highest BCUT2D eigenvalue weighted by Crippen LogP contribution is 2.17. The normalized spacial score (nSPS) is 10.3. The summed E-state index contributed by atoms with van der Waals surface area (Å²) < 4.78 is 26.8. The van der Waals surface area contributed by atoms with Crippen LogP contribution in [0.3, 0.4) is 0 Å². The Morgan fingerprint density at radius 2 is 1.75 bits per heavy atom. The summed E-state index contributed by atoms with van der Waals surface area (Å²) in [6, 6.07) is 2.74. The molecule has 16 heavy (non-hydrogen) atoms. The van der Waals surface area contributed by atoms with Gasteiger partial charge in [-0.25, -0.2) is 8.78 Å². The Bertz CT molecular complexity index is 400. The smallest absolute Gasteiger partial charge is 0.256 e. The zero-order valence-corrected chi connectivity index (χ0v) is 9.68. The van der Waals surface area contributed by atoms with Crippen LogP contribution in [0.25, 0.3) is 0 Å². The van der Waals surface area contributed by atoms with E-state index in [0.717, 1.165) is 0 Å². The van der Waals surface area contributed by atoms with Crippen LogP contribution in [0.4, 0.5) is 8.78 Å². The Morgan fingerprint density at radius 3 is 2.25 bits per heavy atom. The van der Waals surface area contributed by atoms with E-state index in [-0.39, 0.29) is 11.1 Å². The summed E-state index contributed by atoms with van der Waals surface area (Å²) in [5.74, 6) is -2.48. The number of aryl methyl sites for hydroxylation is 1. The largest absolute Gasteiger partial charge is 0.339 e. The number of halogens is 2. The van der Waals surface area contributed by atoms with Gasteiger partial charge >= 0.3 is 0 Å². The summed E-state index contributed by atoms with van der Waals surface area (Å²) in [7, 11) is 0. The van der Waals surface area contributed by atoms with Crippen LogP contribution in [0.1, 0.15) is 29.8 Å². The molecule has 0 saturated heterocycles. The zero-order valence-electron chi connectivity index (χ0n) is 9.68. The molecule has 0 fully saturated rings. The molecule has 0 aliphatic rings. The third kappa shape index (κ3) is 2.21. The molecule has 1 aromatic carbocycles. The Morgan fingerprint density at radius 1 is 1.19 bits per heavy atom. The number of hydrogen-bond donors (Lipinski definition) is 0. The topological polar surface area (TPSA) is 20.3 Å². The van der Waals surface area contributed by atoms with Crippen molar-refractivity contribution in [2.75, 3.05) is 13.1 Å². The van der Waals surface area contributed by atoms with E-state index in [0.29, 0.717) is 13.1 Å². The minimum absolute atomic E-state index is 0.202. The molecule has 1 amide bonds. The number of carbonyl (C=O) groups is 1. The molecule has 0 unspecified atom stereocenters. The molecule has 0 aliphatic carbocycles. The van der Waals surface area contributed by atoms with E-state index in [1.54, 1.807) is 13.8 Å². The highest BCUT2D eigenvalue weighted by Gasteiger charge is 2.20. The molecular weight excluding hydrogens is 212 g/mol. The van der Waals surface area contributed by atoms with Crippen LogP contribution in [0.2, 0.25) is 0 Å². The molecule has 1 aromatic rings. The number of hydrogen-bond acceptors (Lipinski definition) is 1. The van der Waals surface area contributed by atoms with Crippen molar-refractivity contribution in [1.29, 1.82) is 0 Å². The van der Waals surface area contributed by atoms with Crippen LogP contribution in [-0.2, 0) is 0 Å². The molecule has 4 heteroatoms. The van der Waals surface area contributed by atoms with Crippen molar-refractivity contribution in [2.24, 2.45) is 0 Å². The predicted octanol–water partition coefficient (Wildman–Crippen LogP) is 2.76. The van der Waals surface area contributed by atoms with Crippen LogP contribution in [-0.4, -0.2) is 23.9 Å². The van der Waals surface area contributed by atoms with Gasteiger partial charge in [0.1, 0.15) is 0 Å². The predicted molar refractivity (Wildman–Crippen MR) is 58.3 cm³/mol. The van der Waals surface area contributed by atoms with Crippen LogP contribution in [0.15, 0.2) is 12.1 Å². The lowest BCUT2D eigenvalue weighted by atomic mass is 10.1. The molecule has 1 rings (SSSR count). The third-order valence-electron chi connectivity index (χ3n) is 2.56. The van der Waals surface area contributed by atoms with Crippen molar-refractivity contribution >= 4 is 5.91 Å². The van der Waals surface area contributed by atoms with E-state index in [1.807, 2.05) is 0 Å². The molecular formula is C12H15F2NO. The summed E-state index contributed by atoms with van der Waals surface area (Å²) in [6.07, 6.45) is 0. The van der Waals surface area contributed by atoms with Gasteiger partial charge in [0.15, 0.2) is 11.6 Å². The van der Waals surface area contributed by atoms with Crippen LogP contribution in [0.5, 0.6) is 0 Å². The molecule has 0 N–H and O–H groups in total. The molecule has 2 nitrogen and oxygen atoms in total. The fourth-order valence-electron chi connectivity index (χ4n) is 1.49. The number of amides is 1. The number of nitrogens with zero attached hydrogens (tertiary/aromatic N) is 1. The first kappa shape index (κ1) is 12.6. The van der Waals surface area contributed by atoms with E-state index in [2.05, 4.69) is 0 Å². The molecule has 0 radical (unpaired) electrons. The van der Waals surface area contributed by atoms with E-state index >= 15 is 0 Å². The van der Waals surface area contributed by atoms with Gasteiger partial charge in [0.25, 0.3) is 5.91 Å². The highest BCUT2D eigenvalue weighted by molar-refractivity contribution is 5.94. The summed E-state index contributed by atoms with van der Waals surface area (Å²) in [6.45, 7) is 6.01. The molecule has 0 spiro atoms. The van der Waals surface area contributed by atoms with E-state index in [9.17, 15) is 13.6 Å². The van der Waals surface area contributed by atoms with Gasteiger partial charge in [-0.15, -0.1) is 0 Å². The van der Waals surface area contributed by atoms with Crippen molar-refractivity contribution < 1.29 is 13.6 Å². The maximum absolute atomic E-state index is 13.5. The van der Waals surface area contributed by atoms with Gasteiger partial charge in [-0.3, -0.25) is 4.79 Å². The van der Waals surface area contributed by atoms with E-state index in [4.69, 9.17) is 0 Å². The van der Waals surface area contributed by atoms with E-state index in [1.165, 1.54) is 24.0 Å². The van der Waals surface area contributed by atoms with Crippen LogP contribution < -0.4 is 0 Å². The van der Waals surface area contributed by atoms with Gasteiger partial charge in [0.2, 0.25) is 0 Å².